The molecule has 0 aliphatic carbocycles. The quantitative estimate of drug-likeness (QED) is 0.276. The number of nitrogens with zero attached hydrogens (tertiary/aromatic N) is 2. The monoisotopic (exact) mass is 376 g/mol. The molecule has 0 amide bonds. The molecule has 1 N–H and O–H groups in total. The number of hydrogen-bond donors (Lipinski definition) is 1. The highest BCUT2D eigenvalue weighted by molar-refractivity contribution is 5.40. The summed E-state index contributed by atoms with van der Waals surface area (Å²) in [7, 11) is 1.31. The molecule has 0 radical (unpaired) electrons. The molecule has 0 aliphatic heterocycles. The van der Waals surface area contributed by atoms with Gasteiger partial charge in [0.05, 0.1) is 23.1 Å². The fraction of sp³-hybridized carbons (Fsp3) is 0.250. The van der Waals surface area contributed by atoms with Crippen molar-refractivity contribution in [2.24, 2.45) is 0 Å². The number of nitro benzene ring substituents is 1. The van der Waals surface area contributed by atoms with Gasteiger partial charge in [-0.15, -0.1) is 0 Å². The predicted octanol–water partition coefficient (Wildman–Crippen LogP) is 3.30. The first-order valence-electron chi connectivity index (χ1n) is 7.27. The van der Waals surface area contributed by atoms with Gasteiger partial charge in [0.15, 0.2) is 23.3 Å². The van der Waals surface area contributed by atoms with E-state index in [1.807, 2.05) is 0 Å². The zero-order valence-corrected chi connectivity index (χ0v) is 13.3. The number of nitro groups is 1. The Morgan fingerprint density at radius 3 is 1.88 bits per heavy atom. The molecule has 1 atom stereocenters. The van der Waals surface area contributed by atoms with Gasteiger partial charge >= 0.3 is 0 Å². The molecule has 10 heteroatoms. The van der Waals surface area contributed by atoms with Gasteiger partial charge in [-0.05, 0) is 12.6 Å². The predicted molar refractivity (Wildman–Crippen MR) is 80.9 cm³/mol. The number of rotatable bonds is 6. The van der Waals surface area contributed by atoms with Crippen molar-refractivity contribution >= 4 is 5.69 Å². The molecule has 0 aromatic heterocycles. The van der Waals surface area contributed by atoms with Gasteiger partial charge < -0.3 is 5.11 Å². The van der Waals surface area contributed by atoms with Crippen molar-refractivity contribution in [3.8, 4) is 0 Å². The number of likely N-dealkylation sites (N-methyl/N-ethyl adjacent to an activating group) is 1. The molecule has 2 rings (SSSR count). The summed E-state index contributed by atoms with van der Waals surface area (Å²) >= 11 is 0. The molecular formula is C16H13F5N2O3. The van der Waals surface area contributed by atoms with E-state index < -0.39 is 52.2 Å². The second-order valence-corrected chi connectivity index (χ2v) is 5.44. The largest absolute Gasteiger partial charge is 0.395 e. The van der Waals surface area contributed by atoms with Gasteiger partial charge in [0.2, 0.25) is 5.82 Å². The number of non-ortho nitro benzene ring substituents is 1. The second kappa shape index (κ2) is 7.75. The minimum absolute atomic E-state index is 0.0507. The molecule has 0 unspecified atom stereocenters. The van der Waals surface area contributed by atoms with Crippen LogP contribution in [0, 0.1) is 39.2 Å². The standard InChI is InChI=1S/C16H13F5N2O3/c1-22(6-7-24)16(8-2-4-9(5-3-8)23(25)26)10-11(17)13(19)15(21)14(20)12(10)18/h2-5,16,24H,6-7H2,1H3/t16-/m0/s1. The highest BCUT2D eigenvalue weighted by Gasteiger charge is 2.33. The number of aliphatic hydroxyl groups excluding tert-OH is 1. The lowest BCUT2D eigenvalue weighted by atomic mass is 9.95. The van der Waals surface area contributed by atoms with Crippen molar-refractivity contribution in [3.63, 3.8) is 0 Å². The minimum atomic E-state index is -2.28. The molecular weight excluding hydrogens is 363 g/mol. The average Bonchev–Trinajstić information content (AvgIpc) is 2.62. The van der Waals surface area contributed by atoms with Crippen LogP contribution in [-0.4, -0.2) is 35.1 Å². The van der Waals surface area contributed by atoms with E-state index in [0.717, 1.165) is 24.3 Å². The molecule has 0 bridgehead atoms. The van der Waals surface area contributed by atoms with Gasteiger partial charge in [-0.1, -0.05) is 12.1 Å². The molecule has 0 saturated carbocycles. The van der Waals surface area contributed by atoms with Gasteiger partial charge in [0, 0.05) is 18.7 Å². The van der Waals surface area contributed by atoms with Crippen molar-refractivity contribution < 1.29 is 32.0 Å². The Bertz CT molecular complexity index is 801. The van der Waals surface area contributed by atoms with E-state index in [1.54, 1.807) is 0 Å². The summed E-state index contributed by atoms with van der Waals surface area (Å²) < 4.78 is 68.9. The van der Waals surface area contributed by atoms with Crippen LogP contribution in [0.3, 0.4) is 0 Å². The molecule has 26 heavy (non-hydrogen) atoms. The van der Waals surface area contributed by atoms with Crippen molar-refractivity contribution in [2.45, 2.75) is 6.04 Å². The van der Waals surface area contributed by atoms with Crippen LogP contribution in [0.2, 0.25) is 0 Å². The molecule has 0 saturated heterocycles. The third kappa shape index (κ3) is 3.51. The first kappa shape index (κ1) is 19.7. The molecule has 0 spiro atoms. The lowest BCUT2D eigenvalue weighted by Gasteiger charge is -2.29. The third-order valence-electron chi connectivity index (χ3n) is 3.83. The molecule has 5 nitrogen and oxygen atoms in total. The summed E-state index contributed by atoms with van der Waals surface area (Å²) in [6.07, 6.45) is 0. The summed E-state index contributed by atoms with van der Waals surface area (Å²) in [5.74, 6) is -10.5. The Labute approximate surface area is 144 Å². The summed E-state index contributed by atoms with van der Waals surface area (Å²) in [5.41, 5.74) is -1.37. The normalized spacial score (nSPS) is 12.5. The van der Waals surface area contributed by atoms with Crippen molar-refractivity contribution in [3.05, 3.63) is 74.6 Å². The summed E-state index contributed by atoms with van der Waals surface area (Å²) in [4.78, 5) is 11.2. The Morgan fingerprint density at radius 1 is 1.00 bits per heavy atom. The Morgan fingerprint density at radius 2 is 1.46 bits per heavy atom. The molecule has 140 valence electrons. The van der Waals surface area contributed by atoms with Crippen LogP contribution in [0.5, 0.6) is 0 Å². The minimum Gasteiger partial charge on any atom is -0.395 e. The Hall–Kier alpha value is -2.59. The number of hydrogen-bond acceptors (Lipinski definition) is 4. The molecule has 0 aliphatic rings. The van der Waals surface area contributed by atoms with Crippen LogP contribution in [0.15, 0.2) is 24.3 Å². The fourth-order valence-corrected chi connectivity index (χ4v) is 2.57. The molecule has 0 fully saturated rings. The number of halogens is 5. The van der Waals surface area contributed by atoms with Gasteiger partial charge in [0.25, 0.3) is 5.69 Å². The first-order valence-corrected chi connectivity index (χ1v) is 7.27. The number of aliphatic hydroxyl groups is 1. The van der Waals surface area contributed by atoms with Gasteiger partial charge in [-0.2, -0.15) is 0 Å². The van der Waals surface area contributed by atoms with Crippen LogP contribution in [0.25, 0.3) is 0 Å². The van der Waals surface area contributed by atoms with Gasteiger partial charge in [0.1, 0.15) is 0 Å². The van der Waals surface area contributed by atoms with Crippen molar-refractivity contribution in [1.29, 1.82) is 0 Å². The fourth-order valence-electron chi connectivity index (χ4n) is 2.57. The second-order valence-electron chi connectivity index (χ2n) is 5.44. The van der Waals surface area contributed by atoms with Crippen LogP contribution < -0.4 is 0 Å². The third-order valence-corrected chi connectivity index (χ3v) is 3.83. The SMILES string of the molecule is CN(CCO)[C@@H](c1ccc([N+](=O)[O-])cc1)c1c(F)c(F)c(F)c(F)c1F. The van der Waals surface area contributed by atoms with E-state index in [2.05, 4.69) is 0 Å². The molecule has 2 aromatic rings. The highest BCUT2D eigenvalue weighted by atomic mass is 19.2. The van der Waals surface area contributed by atoms with Crippen molar-refractivity contribution in [1.82, 2.24) is 4.90 Å². The smallest absolute Gasteiger partial charge is 0.269 e. The van der Waals surface area contributed by atoms with E-state index in [-0.39, 0.29) is 17.8 Å². The summed E-state index contributed by atoms with van der Waals surface area (Å²) in [6, 6.07) is 2.92. The van der Waals surface area contributed by atoms with Crippen LogP contribution in [0.4, 0.5) is 27.6 Å². The maximum Gasteiger partial charge on any atom is 0.269 e. The summed E-state index contributed by atoms with van der Waals surface area (Å²) in [6.45, 7) is -0.601. The van der Waals surface area contributed by atoms with E-state index in [9.17, 15) is 32.1 Å². The van der Waals surface area contributed by atoms with Gasteiger partial charge in [-0.3, -0.25) is 15.0 Å². The maximum atomic E-state index is 14.2. The first-order chi connectivity index (χ1) is 12.2. The van der Waals surface area contributed by atoms with E-state index in [0.29, 0.717) is 0 Å². The number of benzene rings is 2. The Kier molecular flexibility index (Phi) is 5.88. The van der Waals surface area contributed by atoms with E-state index in [4.69, 9.17) is 5.11 Å². The van der Waals surface area contributed by atoms with E-state index in [1.165, 1.54) is 11.9 Å². The van der Waals surface area contributed by atoms with Crippen LogP contribution >= 0.6 is 0 Å². The maximum absolute atomic E-state index is 14.2. The molecule has 2 aromatic carbocycles. The zero-order chi connectivity index (χ0) is 19.6. The topological polar surface area (TPSA) is 66.6 Å². The lowest BCUT2D eigenvalue weighted by Crippen LogP contribution is -2.30. The van der Waals surface area contributed by atoms with Crippen LogP contribution in [-0.2, 0) is 0 Å². The van der Waals surface area contributed by atoms with Crippen LogP contribution in [0.1, 0.15) is 17.2 Å². The summed E-state index contributed by atoms with van der Waals surface area (Å²) in [5, 5.41) is 19.8. The van der Waals surface area contributed by atoms with E-state index >= 15 is 0 Å². The zero-order valence-electron chi connectivity index (χ0n) is 13.3. The lowest BCUT2D eigenvalue weighted by molar-refractivity contribution is -0.384. The highest BCUT2D eigenvalue weighted by Crippen LogP contribution is 2.35. The van der Waals surface area contributed by atoms with Crippen molar-refractivity contribution in [2.75, 3.05) is 20.2 Å². The molecule has 0 heterocycles. The van der Waals surface area contributed by atoms with Gasteiger partial charge in [-0.25, -0.2) is 22.0 Å². The average molecular weight is 376 g/mol. The Balaban J connectivity index is 2.69.